The number of aromatic nitrogens is 1. The lowest BCUT2D eigenvalue weighted by atomic mass is 9.74. The van der Waals surface area contributed by atoms with Crippen LogP contribution in [0.25, 0.3) is 0 Å². The van der Waals surface area contributed by atoms with Crippen LogP contribution in [0.5, 0.6) is 0 Å². The van der Waals surface area contributed by atoms with Crippen LogP contribution in [0.3, 0.4) is 0 Å². The minimum absolute atomic E-state index is 0.418. The largest absolute Gasteiger partial charge is 0.348 e. The number of thiazole rings is 1. The first kappa shape index (κ1) is 15.8. The summed E-state index contributed by atoms with van der Waals surface area (Å²) in [4.78, 5) is 8.48. The molecule has 1 aromatic heterocycles. The predicted molar refractivity (Wildman–Crippen MR) is 88.7 cm³/mol. The van der Waals surface area contributed by atoms with E-state index < -0.39 is 0 Å². The van der Waals surface area contributed by atoms with Gasteiger partial charge in [0.25, 0.3) is 0 Å². The molecule has 0 spiro atoms. The summed E-state index contributed by atoms with van der Waals surface area (Å²) < 4.78 is 0. The summed E-state index contributed by atoms with van der Waals surface area (Å²) in [6, 6.07) is 0.418. The molecule has 0 bridgehead atoms. The third-order valence-corrected chi connectivity index (χ3v) is 6.28. The molecule has 2 heterocycles. The van der Waals surface area contributed by atoms with Crippen LogP contribution in [-0.2, 0) is 0 Å². The molecule has 1 atom stereocenters. The Balaban J connectivity index is 1.97. The van der Waals surface area contributed by atoms with Crippen molar-refractivity contribution in [1.29, 1.82) is 0 Å². The molecule has 4 heteroatoms. The van der Waals surface area contributed by atoms with Gasteiger partial charge in [-0.25, -0.2) is 4.98 Å². The van der Waals surface area contributed by atoms with Gasteiger partial charge in [0, 0.05) is 30.2 Å². The number of rotatable bonds is 6. The Morgan fingerprint density at radius 2 is 1.95 bits per heavy atom. The molecule has 1 aliphatic rings. The molecular weight excluding hydrogens is 266 g/mol. The number of hydrogen-bond acceptors (Lipinski definition) is 4. The Hall–Kier alpha value is -0.610. The molecule has 0 amide bonds. The second kappa shape index (κ2) is 6.90. The average molecular weight is 295 g/mol. The molecule has 0 radical (unpaired) electrons. The highest BCUT2D eigenvalue weighted by Crippen LogP contribution is 2.40. The van der Waals surface area contributed by atoms with E-state index in [-0.39, 0.29) is 0 Å². The van der Waals surface area contributed by atoms with Crippen LogP contribution >= 0.6 is 11.3 Å². The van der Waals surface area contributed by atoms with E-state index in [0.717, 1.165) is 6.54 Å². The van der Waals surface area contributed by atoms with Gasteiger partial charge in [-0.2, -0.15) is 0 Å². The van der Waals surface area contributed by atoms with Crippen molar-refractivity contribution < 1.29 is 0 Å². The Morgan fingerprint density at radius 1 is 1.30 bits per heavy atom. The van der Waals surface area contributed by atoms with E-state index >= 15 is 0 Å². The van der Waals surface area contributed by atoms with Gasteiger partial charge in [0.1, 0.15) is 0 Å². The highest BCUT2D eigenvalue weighted by molar-refractivity contribution is 7.15. The van der Waals surface area contributed by atoms with Crippen LogP contribution in [0.15, 0.2) is 6.20 Å². The zero-order valence-electron chi connectivity index (χ0n) is 13.4. The summed E-state index contributed by atoms with van der Waals surface area (Å²) in [5.74, 6) is 0. The summed E-state index contributed by atoms with van der Waals surface area (Å²) in [6.45, 7) is 12.4. The fourth-order valence-electron chi connectivity index (χ4n) is 3.16. The Morgan fingerprint density at radius 3 is 2.50 bits per heavy atom. The number of hydrogen-bond donors (Lipinski definition) is 1. The lowest BCUT2D eigenvalue weighted by Gasteiger charge is -2.40. The molecule has 1 N–H and O–H groups in total. The fourth-order valence-corrected chi connectivity index (χ4v) is 4.15. The van der Waals surface area contributed by atoms with E-state index in [9.17, 15) is 0 Å². The zero-order chi connectivity index (χ0) is 14.6. The van der Waals surface area contributed by atoms with Crippen molar-refractivity contribution in [3.05, 3.63) is 11.1 Å². The standard InChI is InChI=1S/C16H29N3S/c1-5-16(6-2)8-10-19(11-9-16)15-18-12-14(20-15)13(4)17-7-3/h12-13,17H,5-11H2,1-4H3. The first-order valence-electron chi connectivity index (χ1n) is 8.08. The molecule has 1 aliphatic heterocycles. The summed E-state index contributed by atoms with van der Waals surface area (Å²) in [5, 5.41) is 4.67. The third kappa shape index (κ3) is 3.34. The molecule has 2 rings (SSSR count). The molecule has 0 saturated carbocycles. The Bertz CT molecular complexity index is 402. The van der Waals surface area contributed by atoms with Crippen molar-refractivity contribution in [2.24, 2.45) is 5.41 Å². The van der Waals surface area contributed by atoms with Crippen molar-refractivity contribution >= 4 is 16.5 Å². The summed E-state index contributed by atoms with van der Waals surface area (Å²) in [7, 11) is 0. The van der Waals surface area contributed by atoms with Crippen molar-refractivity contribution in [2.45, 2.75) is 59.4 Å². The van der Waals surface area contributed by atoms with E-state index in [1.807, 2.05) is 11.3 Å². The molecule has 0 aromatic carbocycles. The van der Waals surface area contributed by atoms with E-state index in [0.29, 0.717) is 11.5 Å². The maximum atomic E-state index is 4.65. The second-order valence-electron chi connectivity index (χ2n) is 6.02. The predicted octanol–water partition coefficient (Wildman–Crippen LogP) is 4.22. The summed E-state index contributed by atoms with van der Waals surface area (Å²) in [5.41, 5.74) is 0.591. The SMILES string of the molecule is CCNC(C)c1cnc(N2CCC(CC)(CC)CC2)s1. The molecule has 1 unspecified atom stereocenters. The quantitative estimate of drug-likeness (QED) is 0.851. The topological polar surface area (TPSA) is 28.2 Å². The van der Waals surface area contributed by atoms with Gasteiger partial charge >= 0.3 is 0 Å². The molecular formula is C16H29N3S. The van der Waals surface area contributed by atoms with Gasteiger partial charge < -0.3 is 10.2 Å². The molecule has 114 valence electrons. The van der Waals surface area contributed by atoms with Gasteiger partial charge in [0.05, 0.1) is 0 Å². The van der Waals surface area contributed by atoms with Crippen molar-refractivity contribution in [1.82, 2.24) is 10.3 Å². The monoisotopic (exact) mass is 295 g/mol. The highest BCUT2D eigenvalue weighted by Gasteiger charge is 2.32. The smallest absolute Gasteiger partial charge is 0.185 e. The van der Waals surface area contributed by atoms with Crippen LogP contribution in [-0.4, -0.2) is 24.6 Å². The van der Waals surface area contributed by atoms with E-state index in [2.05, 4.69) is 49.1 Å². The molecule has 1 fully saturated rings. The van der Waals surface area contributed by atoms with Gasteiger partial charge in [0.2, 0.25) is 0 Å². The maximum absolute atomic E-state index is 4.65. The minimum Gasteiger partial charge on any atom is -0.348 e. The highest BCUT2D eigenvalue weighted by atomic mass is 32.1. The number of nitrogens with zero attached hydrogens (tertiary/aromatic N) is 2. The normalized spacial score (nSPS) is 20.1. The van der Waals surface area contributed by atoms with Gasteiger partial charge in [-0.1, -0.05) is 33.6 Å². The number of anilines is 1. The van der Waals surface area contributed by atoms with E-state index in [1.54, 1.807) is 0 Å². The fraction of sp³-hybridized carbons (Fsp3) is 0.812. The first-order valence-corrected chi connectivity index (χ1v) is 8.90. The number of piperidine rings is 1. The maximum Gasteiger partial charge on any atom is 0.185 e. The van der Waals surface area contributed by atoms with Crippen molar-refractivity contribution in [3.63, 3.8) is 0 Å². The van der Waals surface area contributed by atoms with Crippen LogP contribution in [0, 0.1) is 5.41 Å². The number of nitrogens with one attached hydrogen (secondary N) is 1. The third-order valence-electron chi connectivity index (χ3n) is 5.04. The van der Waals surface area contributed by atoms with Crippen LogP contribution in [0.1, 0.15) is 64.3 Å². The zero-order valence-corrected chi connectivity index (χ0v) is 14.2. The van der Waals surface area contributed by atoms with Crippen molar-refractivity contribution in [2.75, 3.05) is 24.5 Å². The molecule has 3 nitrogen and oxygen atoms in total. The Labute approximate surface area is 127 Å². The molecule has 1 aromatic rings. The Kier molecular flexibility index (Phi) is 5.44. The van der Waals surface area contributed by atoms with Gasteiger partial charge in [0.15, 0.2) is 5.13 Å². The lowest BCUT2D eigenvalue weighted by Crippen LogP contribution is -2.39. The average Bonchev–Trinajstić information content (AvgIpc) is 2.97. The lowest BCUT2D eigenvalue weighted by molar-refractivity contribution is 0.199. The summed E-state index contributed by atoms with van der Waals surface area (Å²) in [6.07, 6.45) is 7.32. The van der Waals surface area contributed by atoms with Crippen LogP contribution < -0.4 is 10.2 Å². The van der Waals surface area contributed by atoms with Crippen molar-refractivity contribution in [3.8, 4) is 0 Å². The van der Waals surface area contributed by atoms with Gasteiger partial charge in [-0.05, 0) is 31.7 Å². The first-order chi connectivity index (χ1) is 9.64. The second-order valence-corrected chi connectivity index (χ2v) is 7.06. The molecule has 20 heavy (non-hydrogen) atoms. The van der Waals surface area contributed by atoms with E-state index in [1.165, 1.54) is 48.8 Å². The summed E-state index contributed by atoms with van der Waals surface area (Å²) >= 11 is 1.86. The molecule has 0 aliphatic carbocycles. The van der Waals surface area contributed by atoms with Crippen LogP contribution in [0.2, 0.25) is 0 Å². The van der Waals surface area contributed by atoms with Crippen LogP contribution in [0.4, 0.5) is 5.13 Å². The van der Waals surface area contributed by atoms with Gasteiger partial charge in [-0.15, -0.1) is 11.3 Å². The minimum atomic E-state index is 0.418. The molecule has 1 saturated heterocycles. The van der Waals surface area contributed by atoms with Gasteiger partial charge in [-0.3, -0.25) is 0 Å². The van der Waals surface area contributed by atoms with E-state index in [4.69, 9.17) is 0 Å².